The number of carbonyl (C=O) groups is 1. The molecular formula is C18H36O5Si. The number of carboxylic acid groups (broad SMARTS) is 1. The normalized spacial score (nSPS) is 12.6. The predicted octanol–water partition coefficient (Wildman–Crippen LogP) is 4.73. The molecule has 6 heteroatoms. The molecule has 24 heavy (non-hydrogen) atoms. The van der Waals surface area contributed by atoms with Crippen molar-refractivity contribution in [2.24, 2.45) is 0 Å². The van der Waals surface area contributed by atoms with Gasteiger partial charge in [0.25, 0.3) is 0 Å². The summed E-state index contributed by atoms with van der Waals surface area (Å²) in [4.78, 5) is 11.9. The molecule has 0 aliphatic rings. The average Bonchev–Trinajstić information content (AvgIpc) is 2.55. The van der Waals surface area contributed by atoms with Crippen molar-refractivity contribution in [3.05, 3.63) is 11.3 Å². The van der Waals surface area contributed by atoms with Crippen molar-refractivity contribution in [1.82, 2.24) is 0 Å². The van der Waals surface area contributed by atoms with Gasteiger partial charge in [0.2, 0.25) is 0 Å². The van der Waals surface area contributed by atoms with Crippen LogP contribution in [0.1, 0.15) is 79.1 Å². The zero-order valence-electron chi connectivity index (χ0n) is 15.9. The second-order valence-electron chi connectivity index (χ2n) is 5.87. The van der Waals surface area contributed by atoms with Gasteiger partial charge >= 0.3 is 14.8 Å². The molecule has 0 fully saturated rings. The molecule has 0 aliphatic heterocycles. The number of hydrogen-bond donors (Lipinski definition) is 1. The van der Waals surface area contributed by atoms with Gasteiger partial charge in [0.05, 0.1) is 0 Å². The summed E-state index contributed by atoms with van der Waals surface area (Å²) in [5.74, 6) is -0.986. The molecule has 0 saturated carbocycles. The van der Waals surface area contributed by atoms with E-state index in [2.05, 4.69) is 20.8 Å². The Bertz CT molecular complexity index is 331. The van der Waals surface area contributed by atoms with Gasteiger partial charge in [-0.05, 0) is 25.7 Å². The molecule has 0 aliphatic carbocycles. The van der Waals surface area contributed by atoms with Crippen molar-refractivity contribution in [3.63, 3.8) is 0 Å². The third-order valence-corrected chi connectivity index (χ3v) is 6.40. The lowest BCUT2D eigenvalue weighted by atomic mass is 10.3. The van der Waals surface area contributed by atoms with E-state index in [1.54, 1.807) is 6.08 Å². The number of unbranched alkanes of at least 4 members (excludes halogenated alkanes) is 4. The van der Waals surface area contributed by atoms with Crippen LogP contribution in [0.15, 0.2) is 11.3 Å². The van der Waals surface area contributed by atoms with Crippen molar-refractivity contribution in [2.45, 2.75) is 79.1 Å². The highest BCUT2D eigenvalue weighted by Crippen LogP contribution is 2.23. The molecule has 0 amide bonds. The van der Waals surface area contributed by atoms with Crippen molar-refractivity contribution < 1.29 is 23.2 Å². The first-order chi connectivity index (χ1) is 11.6. The molecule has 0 rings (SSSR count). The van der Waals surface area contributed by atoms with E-state index in [0.29, 0.717) is 26.2 Å². The van der Waals surface area contributed by atoms with Gasteiger partial charge in [-0.15, -0.1) is 0 Å². The van der Waals surface area contributed by atoms with Gasteiger partial charge in [0.15, 0.2) is 0 Å². The molecule has 0 radical (unpaired) electrons. The number of aliphatic carboxylic acids is 1. The first-order valence-corrected chi connectivity index (χ1v) is 11.2. The summed E-state index contributed by atoms with van der Waals surface area (Å²) in [5.41, 5.74) is 0. The molecular weight excluding hydrogens is 324 g/mol. The molecule has 0 aromatic heterocycles. The van der Waals surface area contributed by atoms with Crippen molar-refractivity contribution >= 4 is 14.8 Å². The zero-order valence-corrected chi connectivity index (χ0v) is 16.9. The van der Waals surface area contributed by atoms with Gasteiger partial charge in [0.1, 0.15) is 5.20 Å². The fourth-order valence-electron chi connectivity index (χ4n) is 2.04. The van der Waals surface area contributed by atoms with Gasteiger partial charge in [0, 0.05) is 19.8 Å². The van der Waals surface area contributed by atoms with E-state index in [-0.39, 0.29) is 5.20 Å². The lowest BCUT2D eigenvalue weighted by Gasteiger charge is -2.30. The van der Waals surface area contributed by atoms with Crippen LogP contribution in [0.3, 0.4) is 0 Å². The van der Waals surface area contributed by atoms with Crippen LogP contribution in [0.5, 0.6) is 0 Å². The summed E-state index contributed by atoms with van der Waals surface area (Å²) in [6, 6.07) is 0. The van der Waals surface area contributed by atoms with Crippen LogP contribution >= 0.6 is 0 Å². The number of rotatable bonds is 16. The summed E-state index contributed by atoms with van der Waals surface area (Å²) in [7, 11) is -3.38. The van der Waals surface area contributed by atoms with Crippen molar-refractivity contribution in [3.8, 4) is 0 Å². The van der Waals surface area contributed by atoms with E-state index >= 15 is 0 Å². The lowest BCUT2D eigenvalue weighted by molar-refractivity contribution is -0.132. The topological polar surface area (TPSA) is 65.0 Å². The van der Waals surface area contributed by atoms with Gasteiger partial charge in [-0.1, -0.05) is 59.5 Å². The molecule has 0 atom stereocenters. The van der Waals surface area contributed by atoms with Gasteiger partial charge in [-0.25, -0.2) is 4.79 Å². The van der Waals surface area contributed by atoms with Gasteiger partial charge in [-0.2, -0.15) is 0 Å². The summed E-state index contributed by atoms with van der Waals surface area (Å²) in [6.45, 7) is 9.66. The Morgan fingerprint density at radius 3 is 1.54 bits per heavy atom. The highest BCUT2D eigenvalue weighted by molar-refractivity contribution is 6.73. The lowest BCUT2D eigenvalue weighted by Crippen LogP contribution is -2.51. The quantitative estimate of drug-likeness (QED) is 0.245. The predicted molar refractivity (Wildman–Crippen MR) is 99.0 cm³/mol. The van der Waals surface area contributed by atoms with Gasteiger partial charge in [-0.3, -0.25) is 0 Å². The molecule has 0 saturated heterocycles. The van der Waals surface area contributed by atoms with Gasteiger partial charge < -0.3 is 18.4 Å². The maximum atomic E-state index is 11.9. The summed E-state index contributed by atoms with van der Waals surface area (Å²) >= 11 is 0. The SMILES string of the molecule is CCC/C=C(\C(=O)O)[Si](OCCCC)(OCCCC)OCCCC. The van der Waals surface area contributed by atoms with Crippen LogP contribution in [0.2, 0.25) is 0 Å². The van der Waals surface area contributed by atoms with Crippen molar-refractivity contribution in [1.29, 1.82) is 0 Å². The Morgan fingerprint density at radius 1 is 0.833 bits per heavy atom. The number of carboxylic acids is 1. The number of hydrogen-bond acceptors (Lipinski definition) is 4. The van der Waals surface area contributed by atoms with Crippen LogP contribution in [0.4, 0.5) is 0 Å². The average molecular weight is 361 g/mol. The summed E-state index contributed by atoms with van der Waals surface area (Å²) in [5, 5.41) is 9.93. The standard InChI is InChI=1S/C18H36O5Si/c1-5-9-13-17(18(19)20)24(21-14-10-6-2,22-15-11-7-3)23-16-12-8-4/h13H,5-12,14-16H2,1-4H3,(H,19,20)/b17-13+. The Kier molecular flexibility index (Phi) is 14.2. The first kappa shape index (κ1) is 23.3. The van der Waals surface area contributed by atoms with Crippen LogP contribution in [-0.2, 0) is 18.1 Å². The molecule has 0 aromatic rings. The Balaban J connectivity index is 5.47. The third-order valence-electron chi connectivity index (χ3n) is 3.57. The molecule has 1 N–H and O–H groups in total. The minimum atomic E-state index is -3.38. The summed E-state index contributed by atoms with van der Waals surface area (Å²) < 4.78 is 18.1. The number of allylic oxidation sites excluding steroid dienone is 1. The van der Waals surface area contributed by atoms with E-state index in [1.807, 2.05) is 6.92 Å². The van der Waals surface area contributed by atoms with E-state index in [9.17, 15) is 9.90 Å². The highest BCUT2D eigenvalue weighted by atomic mass is 28.4. The maximum absolute atomic E-state index is 11.9. The first-order valence-electron chi connectivity index (χ1n) is 9.43. The fraction of sp³-hybridized carbons (Fsp3) is 0.833. The minimum absolute atomic E-state index is 0.202. The molecule has 0 spiro atoms. The Labute approximate surface area is 148 Å². The van der Waals surface area contributed by atoms with E-state index in [1.165, 1.54) is 0 Å². The summed E-state index contributed by atoms with van der Waals surface area (Å²) in [6.07, 6.45) is 8.83. The molecule has 142 valence electrons. The Hall–Kier alpha value is -0.693. The zero-order chi connectivity index (χ0) is 18.3. The molecule has 0 aromatic carbocycles. The molecule has 0 unspecified atom stereocenters. The largest absolute Gasteiger partial charge is 0.544 e. The van der Waals surface area contributed by atoms with E-state index < -0.39 is 14.8 Å². The van der Waals surface area contributed by atoms with Crippen molar-refractivity contribution in [2.75, 3.05) is 19.8 Å². The van der Waals surface area contributed by atoms with Crippen LogP contribution in [0, 0.1) is 0 Å². The minimum Gasteiger partial charge on any atom is -0.478 e. The monoisotopic (exact) mass is 360 g/mol. The Morgan fingerprint density at radius 2 is 1.25 bits per heavy atom. The third kappa shape index (κ3) is 8.96. The van der Waals surface area contributed by atoms with Crippen LogP contribution in [0.25, 0.3) is 0 Å². The maximum Gasteiger partial charge on any atom is 0.544 e. The highest BCUT2D eigenvalue weighted by Gasteiger charge is 2.49. The molecule has 0 bridgehead atoms. The smallest absolute Gasteiger partial charge is 0.478 e. The van der Waals surface area contributed by atoms with Crippen LogP contribution in [-0.4, -0.2) is 39.7 Å². The van der Waals surface area contributed by atoms with E-state index in [0.717, 1.165) is 44.9 Å². The molecule has 0 heterocycles. The molecule has 5 nitrogen and oxygen atoms in total. The second-order valence-corrected chi connectivity index (χ2v) is 8.39. The van der Waals surface area contributed by atoms with E-state index in [4.69, 9.17) is 13.3 Å². The van der Waals surface area contributed by atoms with Crippen LogP contribution < -0.4 is 0 Å². The second kappa shape index (κ2) is 14.6. The fourth-order valence-corrected chi connectivity index (χ4v) is 4.65.